The fraction of sp³-hybridized carbons (Fsp3) is 0.529. The molecule has 130 valence electrons. The number of rotatable bonds is 7. The van der Waals surface area contributed by atoms with E-state index in [0.29, 0.717) is 31.1 Å². The van der Waals surface area contributed by atoms with E-state index >= 15 is 0 Å². The van der Waals surface area contributed by atoms with Crippen molar-refractivity contribution in [1.82, 2.24) is 24.9 Å². The summed E-state index contributed by atoms with van der Waals surface area (Å²) in [5.41, 5.74) is 1.50. The van der Waals surface area contributed by atoms with Gasteiger partial charge in [0.1, 0.15) is 5.56 Å². The molecule has 2 rings (SSSR count). The molecular formula is C17H25N5O2. The molecule has 0 aliphatic heterocycles. The van der Waals surface area contributed by atoms with Gasteiger partial charge in [-0.3, -0.25) is 14.3 Å². The molecule has 0 spiro atoms. The molecule has 0 fully saturated rings. The summed E-state index contributed by atoms with van der Waals surface area (Å²) in [5, 5.41) is 10.6. The molecule has 2 aromatic heterocycles. The van der Waals surface area contributed by atoms with Crippen LogP contribution in [0.15, 0.2) is 23.3 Å². The summed E-state index contributed by atoms with van der Waals surface area (Å²) < 4.78 is 3.27. The molecule has 0 aromatic carbocycles. The van der Waals surface area contributed by atoms with Gasteiger partial charge in [-0.15, -0.1) is 5.10 Å². The standard InChI is InChI=1S/C17H25N5O2/c1-12(2)5-8-21-9-6-13(3)15(17(21)24)16(23)18-7-10-22-11-14(4)19-20-22/h6,9,11-12H,5,7-8,10H2,1-4H3,(H,18,23). The second kappa shape index (κ2) is 7.90. The van der Waals surface area contributed by atoms with Gasteiger partial charge in [-0.1, -0.05) is 19.1 Å². The lowest BCUT2D eigenvalue weighted by molar-refractivity contribution is 0.0949. The second-order valence-electron chi connectivity index (χ2n) is 6.43. The van der Waals surface area contributed by atoms with Crippen LogP contribution in [-0.4, -0.2) is 32.0 Å². The third-order valence-electron chi connectivity index (χ3n) is 3.83. The normalized spacial score (nSPS) is 11.0. The first-order chi connectivity index (χ1) is 11.4. The van der Waals surface area contributed by atoms with Gasteiger partial charge in [-0.2, -0.15) is 0 Å². The van der Waals surface area contributed by atoms with Crippen molar-refractivity contribution >= 4 is 5.91 Å². The molecule has 0 radical (unpaired) electrons. The molecule has 0 saturated heterocycles. The lowest BCUT2D eigenvalue weighted by Crippen LogP contribution is -2.35. The van der Waals surface area contributed by atoms with Crippen LogP contribution in [0.4, 0.5) is 0 Å². The van der Waals surface area contributed by atoms with Crippen molar-refractivity contribution in [1.29, 1.82) is 0 Å². The van der Waals surface area contributed by atoms with Crippen LogP contribution in [0, 0.1) is 19.8 Å². The lowest BCUT2D eigenvalue weighted by atomic mass is 10.1. The van der Waals surface area contributed by atoms with E-state index in [4.69, 9.17) is 0 Å². The topological polar surface area (TPSA) is 81.8 Å². The molecule has 0 saturated carbocycles. The van der Waals surface area contributed by atoms with Crippen LogP contribution in [0.1, 0.15) is 41.9 Å². The van der Waals surface area contributed by atoms with E-state index in [9.17, 15) is 9.59 Å². The molecule has 0 aliphatic carbocycles. The van der Waals surface area contributed by atoms with Gasteiger partial charge < -0.3 is 9.88 Å². The quantitative estimate of drug-likeness (QED) is 0.834. The zero-order chi connectivity index (χ0) is 17.7. The molecule has 1 amide bonds. The highest BCUT2D eigenvalue weighted by Gasteiger charge is 2.15. The highest BCUT2D eigenvalue weighted by molar-refractivity contribution is 5.95. The van der Waals surface area contributed by atoms with Crippen LogP contribution in [-0.2, 0) is 13.1 Å². The number of nitrogens with one attached hydrogen (secondary N) is 1. The Hall–Kier alpha value is -2.44. The van der Waals surface area contributed by atoms with Crippen LogP contribution >= 0.6 is 0 Å². The molecule has 24 heavy (non-hydrogen) atoms. The van der Waals surface area contributed by atoms with E-state index in [0.717, 1.165) is 12.1 Å². The summed E-state index contributed by atoms with van der Waals surface area (Å²) in [4.78, 5) is 25.0. The average Bonchev–Trinajstić information content (AvgIpc) is 2.92. The highest BCUT2D eigenvalue weighted by atomic mass is 16.2. The third-order valence-corrected chi connectivity index (χ3v) is 3.83. The molecule has 2 aromatic rings. The molecule has 0 bridgehead atoms. The number of carbonyl (C=O) groups is 1. The van der Waals surface area contributed by atoms with Crippen molar-refractivity contribution < 1.29 is 4.79 Å². The monoisotopic (exact) mass is 331 g/mol. The Balaban J connectivity index is 2.04. The smallest absolute Gasteiger partial charge is 0.263 e. The Kier molecular flexibility index (Phi) is 5.89. The van der Waals surface area contributed by atoms with Crippen LogP contribution in [0.2, 0.25) is 0 Å². The maximum atomic E-state index is 12.6. The van der Waals surface area contributed by atoms with Gasteiger partial charge in [0.05, 0.1) is 12.2 Å². The number of hydrogen-bond acceptors (Lipinski definition) is 4. The predicted octanol–water partition coefficient (Wildman–Crippen LogP) is 1.53. The summed E-state index contributed by atoms with van der Waals surface area (Å²) in [6.45, 7) is 9.38. The summed E-state index contributed by atoms with van der Waals surface area (Å²) in [6.07, 6.45) is 4.46. The van der Waals surface area contributed by atoms with E-state index < -0.39 is 0 Å². The van der Waals surface area contributed by atoms with Crippen molar-refractivity contribution in [2.45, 2.75) is 47.2 Å². The summed E-state index contributed by atoms with van der Waals surface area (Å²) >= 11 is 0. The molecule has 7 heteroatoms. The molecule has 1 N–H and O–H groups in total. The van der Waals surface area contributed by atoms with Gasteiger partial charge >= 0.3 is 0 Å². The van der Waals surface area contributed by atoms with Crippen LogP contribution in [0.5, 0.6) is 0 Å². The summed E-state index contributed by atoms with van der Waals surface area (Å²) in [7, 11) is 0. The zero-order valence-corrected chi connectivity index (χ0v) is 14.7. The first-order valence-corrected chi connectivity index (χ1v) is 8.23. The van der Waals surface area contributed by atoms with Crippen LogP contribution in [0.25, 0.3) is 0 Å². The van der Waals surface area contributed by atoms with Gasteiger partial charge in [0.15, 0.2) is 0 Å². The van der Waals surface area contributed by atoms with Gasteiger partial charge in [-0.05, 0) is 37.8 Å². The molecule has 7 nitrogen and oxygen atoms in total. The number of hydrogen-bond donors (Lipinski definition) is 1. The van der Waals surface area contributed by atoms with E-state index in [-0.39, 0.29) is 17.0 Å². The van der Waals surface area contributed by atoms with Gasteiger partial charge in [0.25, 0.3) is 11.5 Å². The Morgan fingerprint density at radius 1 is 1.29 bits per heavy atom. The number of pyridine rings is 1. The van der Waals surface area contributed by atoms with Crippen molar-refractivity contribution in [3.8, 4) is 0 Å². The molecule has 2 heterocycles. The maximum absolute atomic E-state index is 12.6. The van der Waals surface area contributed by atoms with Gasteiger partial charge in [0, 0.05) is 25.5 Å². The minimum atomic E-state index is -0.340. The van der Waals surface area contributed by atoms with Crippen LogP contribution < -0.4 is 10.9 Å². The van der Waals surface area contributed by atoms with E-state index in [1.165, 1.54) is 0 Å². The largest absolute Gasteiger partial charge is 0.350 e. The Morgan fingerprint density at radius 3 is 2.67 bits per heavy atom. The van der Waals surface area contributed by atoms with E-state index in [1.54, 1.807) is 28.6 Å². The second-order valence-corrected chi connectivity index (χ2v) is 6.43. The SMILES string of the molecule is Cc1cn(CCNC(=O)c2c(C)ccn(CCC(C)C)c2=O)nn1. The Bertz CT molecular complexity index is 761. The van der Waals surface area contributed by atoms with Gasteiger partial charge in [-0.25, -0.2) is 0 Å². The van der Waals surface area contributed by atoms with E-state index in [2.05, 4.69) is 29.5 Å². The molecule has 0 aliphatic rings. The predicted molar refractivity (Wildman–Crippen MR) is 92.0 cm³/mol. The van der Waals surface area contributed by atoms with Crippen molar-refractivity contribution in [3.05, 3.63) is 45.6 Å². The molecule has 0 atom stereocenters. The molecular weight excluding hydrogens is 306 g/mol. The highest BCUT2D eigenvalue weighted by Crippen LogP contribution is 2.05. The minimum absolute atomic E-state index is 0.219. The number of amides is 1. The Labute approximate surface area is 141 Å². The maximum Gasteiger partial charge on any atom is 0.263 e. The fourth-order valence-electron chi connectivity index (χ4n) is 2.39. The first-order valence-electron chi connectivity index (χ1n) is 8.23. The van der Waals surface area contributed by atoms with Gasteiger partial charge in [0.2, 0.25) is 0 Å². The lowest BCUT2D eigenvalue weighted by Gasteiger charge is -2.12. The minimum Gasteiger partial charge on any atom is -0.350 e. The summed E-state index contributed by atoms with van der Waals surface area (Å²) in [6, 6.07) is 1.82. The number of aryl methyl sites for hydroxylation is 3. The third kappa shape index (κ3) is 4.53. The Morgan fingerprint density at radius 2 is 2.04 bits per heavy atom. The van der Waals surface area contributed by atoms with Crippen molar-refractivity contribution in [2.75, 3.05) is 6.54 Å². The fourth-order valence-corrected chi connectivity index (χ4v) is 2.39. The van der Waals surface area contributed by atoms with E-state index in [1.807, 2.05) is 13.0 Å². The number of nitrogens with zero attached hydrogens (tertiary/aromatic N) is 4. The zero-order valence-electron chi connectivity index (χ0n) is 14.7. The molecule has 0 unspecified atom stereocenters. The number of aromatic nitrogens is 4. The number of carbonyl (C=O) groups excluding carboxylic acids is 1. The average molecular weight is 331 g/mol. The van der Waals surface area contributed by atoms with Crippen molar-refractivity contribution in [3.63, 3.8) is 0 Å². The first kappa shape index (κ1) is 17.9. The van der Waals surface area contributed by atoms with Crippen molar-refractivity contribution in [2.24, 2.45) is 5.92 Å². The summed E-state index contributed by atoms with van der Waals surface area (Å²) in [5.74, 6) is 0.162. The van der Waals surface area contributed by atoms with Crippen LogP contribution in [0.3, 0.4) is 0 Å².